The summed E-state index contributed by atoms with van der Waals surface area (Å²) in [6.07, 6.45) is 3.36. The molecule has 1 unspecified atom stereocenters. The maximum absolute atomic E-state index is 14.4. The molecule has 31 heavy (non-hydrogen) atoms. The van der Waals surface area contributed by atoms with Crippen LogP contribution in [0.15, 0.2) is 35.2 Å². The van der Waals surface area contributed by atoms with Crippen molar-refractivity contribution in [2.75, 3.05) is 19.5 Å². The first-order valence-electron chi connectivity index (χ1n) is 9.70. The zero-order valence-electron chi connectivity index (χ0n) is 17.1. The number of aromatic nitrogens is 1. The Bertz CT molecular complexity index is 1000. The van der Waals surface area contributed by atoms with Crippen molar-refractivity contribution in [3.8, 4) is 16.9 Å². The molecule has 1 fully saturated rings. The van der Waals surface area contributed by atoms with Crippen molar-refractivity contribution < 1.29 is 27.8 Å². The largest absolute Gasteiger partial charge is 0.496 e. The van der Waals surface area contributed by atoms with Gasteiger partial charge in [-0.05, 0) is 37.5 Å². The third-order valence-electron chi connectivity index (χ3n) is 5.05. The number of nitrogens with one attached hydrogen (secondary N) is 1. The fourth-order valence-corrected chi connectivity index (χ4v) is 4.49. The highest BCUT2D eigenvalue weighted by atomic mass is 31.1. The average molecular weight is 449 g/mol. The SMILES string of the molecule is COC(=O)N=PC1CCC[C@H](C(=O)Nc2cc(-c3ccc(F)cc3OC)c(F)cn2)C1. The molecule has 164 valence electrons. The van der Waals surface area contributed by atoms with Crippen LogP contribution in [0.5, 0.6) is 5.75 Å². The fourth-order valence-electron chi connectivity index (χ4n) is 3.51. The van der Waals surface area contributed by atoms with Gasteiger partial charge in [-0.15, -0.1) is 0 Å². The van der Waals surface area contributed by atoms with Gasteiger partial charge in [0.15, 0.2) is 0 Å². The summed E-state index contributed by atoms with van der Waals surface area (Å²) in [5.41, 5.74) is 0.572. The van der Waals surface area contributed by atoms with Crippen molar-refractivity contribution in [3.05, 3.63) is 42.1 Å². The van der Waals surface area contributed by atoms with Gasteiger partial charge in [0.25, 0.3) is 0 Å². The van der Waals surface area contributed by atoms with E-state index in [4.69, 9.17) is 4.74 Å². The van der Waals surface area contributed by atoms with Crippen molar-refractivity contribution in [2.24, 2.45) is 10.7 Å². The van der Waals surface area contributed by atoms with Gasteiger partial charge in [0.2, 0.25) is 5.91 Å². The summed E-state index contributed by atoms with van der Waals surface area (Å²) >= 11 is 0. The van der Waals surface area contributed by atoms with Crippen molar-refractivity contribution in [2.45, 2.75) is 31.3 Å². The summed E-state index contributed by atoms with van der Waals surface area (Å²) in [5.74, 6) is -1.26. The molecule has 2 atom stereocenters. The molecule has 0 aliphatic heterocycles. The summed E-state index contributed by atoms with van der Waals surface area (Å²) < 4.78 is 41.4. The smallest absolute Gasteiger partial charge is 0.437 e. The normalized spacial score (nSPS) is 18.6. The van der Waals surface area contributed by atoms with Gasteiger partial charge in [-0.1, -0.05) is 6.42 Å². The lowest BCUT2D eigenvalue weighted by Crippen LogP contribution is -2.28. The van der Waals surface area contributed by atoms with E-state index in [0.29, 0.717) is 26.8 Å². The van der Waals surface area contributed by atoms with Crippen molar-refractivity contribution in [3.63, 3.8) is 0 Å². The van der Waals surface area contributed by atoms with Gasteiger partial charge in [0, 0.05) is 37.1 Å². The van der Waals surface area contributed by atoms with Crippen LogP contribution in [0.2, 0.25) is 0 Å². The highest BCUT2D eigenvalue weighted by molar-refractivity contribution is 7.28. The van der Waals surface area contributed by atoms with E-state index >= 15 is 0 Å². The first-order valence-corrected chi connectivity index (χ1v) is 10.6. The zero-order valence-corrected chi connectivity index (χ0v) is 18.0. The number of carbonyl (C=O) groups is 2. The highest BCUT2D eigenvalue weighted by Crippen LogP contribution is 2.35. The van der Waals surface area contributed by atoms with E-state index in [0.717, 1.165) is 25.1 Å². The molecular weight excluding hydrogens is 427 g/mol. The second kappa shape index (κ2) is 10.4. The van der Waals surface area contributed by atoms with Gasteiger partial charge in [-0.25, -0.2) is 18.6 Å². The van der Waals surface area contributed by atoms with E-state index in [1.165, 1.54) is 32.4 Å². The lowest BCUT2D eigenvalue weighted by atomic mass is 9.88. The maximum Gasteiger partial charge on any atom is 0.437 e. The molecule has 7 nitrogen and oxygen atoms in total. The minimum atomic E-state index is -0.632. The first kappa shape index (κ1) is 22.7. The van der Waals surface area contributed by atoms with Gasteiger partial charge in [-0.3, -0.25) is 4.79 Å². The molecule has 0 bridgehead atoms. The zero-order chi connectivity index (χ0) is 22.4. The van der Waals surface area contributed by atoms with Gasteiger partial charge in [-0.2, -0.15) is 4.74 Å². The van der Waals surface area contributed by atoms with Crippen LogP contribution in [0.4, 0.5) is 19.4 Å². The molecule has 10 heteroatoms. The number of hydrogen-bond donors (Lipinski definition) is 1. The monoisotopic (exact) mass is 449 g/mol. The molecule has 1 aliphatic rings. The molecule has 1 N–H and O–H groups in total. The Labute approximate surface area is 180 Å². The number of carbonyl (C=O) groups excluding carboxylic acids is 2. The molecule has 2 amide bonds. The summed E-state index contributed by atoms with van der Waals surface area (Å²) in [6.45, 7) is 0. The molecule has 3 rings (SSSR count). The van der Waals surface area contributed by atoms with E-state index in [2.05, 4.69) is 19.8 Å². The molecule has 1 aliphatic carbocycles. The summed E-state index contributed by atoms with van der Waals surface area (Å²) in [5, 5.41) is 2.74. The number of anilines is 1. The third kappa shape index (κ3) is 5.82. The Hall–Kier alpha value is -2.93. The Morgan fingerprint density at radius 3 is 2.74 bits per heavy atom. The Morgan fingerprint density at radius 1 is 1.19 bits per heavy atom. The maximum atomic E-state index is 14.4. The average Bonchev–Trinajstić information content (AvgIpc) is 2.78. The van der Waals surface area contributed by atoms with Crippen LogP contribution in [0.3, 0.4) is 0 Å². The number of halogens is 2. The number of hydrogen-bond acceptors (Lipinski definition) is 5. The fraction of sp³-hybridized carbons (Fsp3) is 0.381. The molecule has 1 saturated carbocycles. The first-order chi connectivity index (χ1) is 14.9. The van der Waals surface area contributed by atoms with E-state index < -0.39 is 17.7 Å². The minimum Gasteiger partial charge on any atom is -0.496 e. The summed E-state index contributed by atoms with van der Waals surface area (Å²) in [6, 6.07) is 5.17. The van der Waals surface area contributed by atoms with Crippen LogP contribution in [0, 0.1) is 17.6 Å². The number of ether oxygens (including phenoxy) is 2. The van der Waals surface area contributed by atoms with Crippen LogP contribution in [0.1, 0.15) is 25.7 Å². The molecule has 1 aromatic heterocycles. The van der Waals surface area contributed by atoms with E-state index in [-0.39, 0.29) is 34.6 Å². The van der Waals surface area contributed by atoms with Crippen LogP contribution in [0.25, 0.3) is 11.1 Å². The second-order valence-corrected chi connectivity index (χ2v) is 8.25. The number of benzene rings is 1. The van der Waals surface area contributed by atoms with Gasteiger partial charge in [0.1, 0.15) is 23.2 Å². The Kier molecular flexibility index (Phi) is 7.63. The Morgan fingerprint density at radius 2 is 2.00 bits per heavy atom. The molecule has 0 spiro atoms. The van der Waals surface area contributed by atoms with E-state index in [9.17, 15) is 18.4 Å². The standard InChI is InChI=1S/C21H22F2N3O4P/c1-29-18-9-13(22)6-7-15(18)16-10-19(24-11-17(16)23)25-20(27)12-4-3-5-14(8-12)31-26-21(28)30-2/h6-7,9-12,14H,3-5,8H2,1-2H3,(H,24,25,27)/t12-,14?/m0/s1. The molecule has 0 radical (unpaired) electrons. The molecule has 0 saturated heterocycles. The van der Waals surface area contributed by atoms with Crippen LogP contribution in [-0.2, 0) is 9.53 Å². The topological polar surface area (TPSA) is 89.9 Å². The minimum absolute atomic E-state index is 0.0869. The van der Waals surface area contributed by atoms with Crippen LogP contribution in [-0.4, -0.2) is 36.9 Å². The van der Waals surface area contributed by atoms with Gasteiger partial charge < -0.3 is 14.8 Å². The predicted molar refractivity (Wildman–Crippen MR) is 112 cm³/mol. The lowest BCUT2D eigenvalue weighted by Gasteiger charge is -2.25. The van der Waals surface area contributed by atoms with Gasteiger partial charge >= 0.3 is 6.09 Å². The van der Waals surface area contributed by atoms with Crippen LogP contribution >= 0.6 is 8.37 Å². The second-order valence-electron chi connectivity index (χ2n) is 7.09. The van der Waals surface area contributed by atoms with E-state index in [1.807, 2.05) is 0 Å². The quantitative estimate of drug-likeness (QED) is 0.615. The van der Waals surface area contributed by atoms with E-state index in [1.54, 1.807) is 0 Å². The number of pyridine rings is 1. The van der Waals surface area contributed by atoms with Gasteiger partial charge in [0.05, 0.1) is 20.4 Å². The molecular formula is C21H22F2N3O4P. The Balaban J connectivity index is 1.74. The lowest BCUT2D eigenvalue weighted by molar-refractivity contribution is -0.120. The van der Waals surface area contributed by atoms with Crippen LogP contribution < -0.4 is 10.1 Å². The summed E-state index contributed by atoms with van der Waals surface area (Å²) in [4.78, 5) is 27.9. The molecule has 2 aromatic rings. The predicted octanol–water partition coefficient (Wildman–Crippen LogP) is 5.43. The number of methoxy groups -OCH3 is 2. The molecule has 1 aromatic carbocycles. The highest BCUT2D eigenvalue weighted by Gasteiger charge is 2.27. The number of nitrogens with zero attached hydrogens (tertiary/aromatic N) is 2. The van der Waals surface area contributed by atoms with Crippen molar-refractivity contribution in [1.82, 2.24) is 4.98 Å². The number of amides is 2. The number of rotatable bonds is 5. The third-order valence-corrected chi connectivity index (χ3v) is 6.13. The molecule has 1 heterocycles. The van der Waals surface area contributed by atoms with Crippen molar-refractivity contribution >= 4 is 26.2 Å². The van der Waals surface area contributed by atoms with Crippen molar-refractivity contribution in [1.29, 1.82) is 0 Å². The summed E-state index contributed by atoms with van der Waals surface area (Å²) in [7, 11) is 3.22.